The number of nitrogens with one attached hydrogen (secondary N) is 1. The van der Waals surface area contributed by atoms with Crippen LogP contribution in [0.25, 0.3) is 0 Å². The molecule has 0 spiro atoms. The zero-order chi connectivity index (χ0) is 14.3. The molecule has 1 atom stereocenters. The van der Waals surface area contributed by atoms with Gasteiger partial charge in [0, 0.05) is 58.2 Å². The van der Waals surface area contributed by atoms with Crippen LogP contribution in [0.3, 0.4) is 0 Å². The topological polar surface area (TPSA) is 47.9 Å². The van der Waals surface area contributed by atoms with Gasteiger partial charge in [-0.15, -0.1) is 24.0 Å². The van der Waals surface area contributed by atoms with E-state index in [0.29, 0.717) is 18.2 Å². The Labute approximate surface area is 144 Å². The van der Waals surface area contributed by atoms with E-state index in [1.165, 1.54) is 6.42 Å². The molecule has 0 aliphatic carbocycles. The summed E-state index contributed by atoms with van der Waals surface area (Å²) < 4.78 is 0. The van der Waals surface area contributed by atoms with Crippen molar-refractivity contribution in [1.82, 2.24) is 15.1 Å². The summed E-state index contributed by atoms with van der Waals surface area (Å²) in [5.74, 6) is 2.21. The van der Waals surface area contributed by atoms with Crippen LogP contribution in [0.2, 0.25) is 0 Å². The fourth-order valence-corrected chi connectivity index (χ4v) is 3.18. The summed E-state index contributed by atoms with van der Waals surface area (Å²) in [5.41, 5.74) is 0. The molecule has 1 saturated heterocycles. The number of hydrogen-bond donors (Lipinski definition) is 1. The second kappa shape index (κ2) is 10.5. The third kappa shape index (κ3) is 6.51. The smallest absolute Gasteiger partial charge is 0.223 e. The van der Waals surface area contributed by atoms with Gasteiger partial charge in [0.1, 0.15) is 0 Å². The SMILES string of the molecule is CCC1CN(C(=NC)NCCC(=O)N(C)C)CCS1.I. The van der Waals surface area contributed by atoms with E-state index in [0.717, 1.165) is 24.8 Å². The lowest BCUT2D eigenvalue weighted by atomic mass is 10.3. The Morgan fingerprint density at radius 3 is 2.75 bits per heavy atom. The first-order valence-corrected chi connectivity index (χ1v) is 7.90. The minimum Gasteiger partial charge on any atom is -0.356 e. The van der Waals surface area contributed by atoms with Crippen molar-refractivity contribution in [2.75, 3.05) is 46.5 Å². The van der Waals surface area contributed by atoms with Crippen LogP contribution in [-0.2, 0) is 4.79 Å². The lowest BCUT2D eigenvalue weighted by Gasteiger charge is -2.34. The number of nitrogens with zero attached hydrogens (tertiary/aromatic N) is 3. The number of aliphatic imine (C=N–C) groups is 1. The highest BCUT2D eigenvalue weighted by Crippen LogP contribution is 2.20. The van der Waals surface area contributed by atoms with Crippen molar-refractivity contribution < 1.29 is 4.79 Å². The van der Waals surface area contributed by atoms with Crippen molar-refractivity contribution in [1.29, 1.82) is 0 Å². The van der Waals surface area contributed by atoms with Crippen LogP contribution in [0.4, 0.5) is 0 Å². The second-order valence-electron chi connectivity index (χ2n) is 4.86. The highest BCUT2D eigenvalue weighted by Gasteiger charge is 2.21. The van der Waals surface area contributed by atoms with E-state index < -0.39 is 0 Å². The van der Waals surface area contributed by atoms with Crippen molar-refractivity contribution >= 4 is 47.6 Å². The Kier molecular flexibility index (Phi) is 10.4. The van der Waals surface area contributed by atoms with Gasteiger partial charge in [0.15, 0.2) is 5.96 Å². The minimum absolute atomic E-state index is 0. The molecule has 0 radical (unpaired) electrons. The molecule has 1 fully saturated rings. The lowest BCUT2D eigenvalue weighted by Crippen LogP contribution is -2.48. The van der Waals surface area contributed by atoms with Crippen molar-refractivity contribution in [2.24, 2.45) is 4.99 Å². The summed E-state index contributed by atoms with van der Waals surface area (Å²) in [5, 5.41) is 3.98. The molecule has 118 valence electrons. The molecule has 20 heavy (non-hydrogen) atoms. The van der Waals surface area contributed by atoms with E-state index in [1.54, 1.807) is 26.0 Å². The molecule has 1 heterocycles. The molecule has 0 bridgehead atoms. The molecule has 5 nitrogen and oxygen atoms in total. The number of halogens is 1. The Bertz CT molecular complexity index is 325. The van der Waals surface area contributed by atoms with Crippen LogP contribution < -0.4 is 5.32 Å². The molecule has 1 unspecified atom stereocenters. The molecule has 1 aliphatic heterocycles. The maximum Gasteiger partial charge on any atom is 0.223 e. The maximum atomic E-state index is 11.5. The number of amides is 1. The lowest BCUT2D eigenvalue weighted by molar-refractivity contribution is -0.128. The van der Waals surface area contributed by atoms with Gasteiger partial charge in [-0.25, -0.2) is 0 Å². The second-order valence-corrected chi connectivity index (χ2v) is 6.27. The largest absolute Gasteiger partial charge is 0.356 e. The summed E-state index contributed by atoms with van der Waals surface area (Å²) >= 11 is 2.04. The van der Waals surface area contributed by atoms with Gasteiger partial charge >= 0.3 is 0 Å². The van der Waals surface area contributed by atoms with Crippen molar-refractivity contribution in [3.63, 3.8) is 0 Å². The molecule has 1 amide bonds. The quantitative estimate of drug-likeness (QED) is 0.430. The zero-order valence-electron chi connectivity index (χ0n) is 12.9. The van der Waals surface area contributed by atoms with E-state index in [9.17, 15) is 4.79 Å². The Morgan fingerprint density at radius 2 is 2.20 bits per heavy atom. The average molecular weight is 414 g/mol. The van der Waals surface area contributed by atoms with Crippen molar-refractivity contribution in [3.05, 3.63) is 0 Å². The summed E-state index contributed by atoms with van der Waals surface area (Å²) in [6.45, 7) is 4.95. The van der Waals surface area contributed by atoms with Gasteiger partial charge in [-0.05, 0) is 6.42 Å². The van der Waals surface area contributed by atoms with Gasteiger partial charge in [-0.3, -0.25) is 9.79 Å². The first-order chi connectivity index (χ1) is 9.08. The maximum absolute atomic E-state index is 11.5. The molecule has 7 heteroatoms. The summed E-state index contributed by atoms with van der Waals surface area (Å²) in [7, 11) is 5.37. The molecular formula is C13H27IN4OS. The van der Waals surface area contributed by atoms with E-state index >= 15 is 0 Å². The van der Waals surface area contributed by atoms with E-state index in [1.807, 2.05) is 11.8 Å². The molecule has 0 saturated carbocycles. The minimum atomic E-state index is 0. The average Bonchev–Trinajstić information content (AvgIpc) is 2.43. The number of carbonyl (C=O) groups excluding carboxylic acids is 1. The van der Waals surface area contributed by atoms with Gasteiger partial charge in [-0.1, -0.05) is 6.92 Å². The fraction of sp³-hybridized carbons (Fsp3) is 0.846. The fourth-order valence-electron chi connectivity index (χ4n) is 2.00. The van der Waals surface area contributed by atoms with Gasteiger partial charge in [-0.2, -0.15) is 11.8 Å². The Hall–Kier alpha value is -0.180. The van der Waals surface area contributed by atoms with E-state index in [-0.39, 0.29) is 29.9 Å². The highest BCUT2D eigenvalue weighted by molar-refractivity contribution is 14.0. The zero-order valence-corrected chi connectivity index (χ0v) is 16.0. The third-order valence-corrected chi connectivity index (χ3v) is 4.60. The van der Waals surface area contributed by atoms with E-state index in [4.69, 9.17) is 0 Å². The van der Waals surface area contributed by atoms with Gasteiger partial charge in [0.25, 0.3) is 0 Å². The highest BCUT2D eigenvalue weighted by atomic mass is 127. The van der Waals surface area contributed by atoms with Crippen LogP contribution in [0.1, 0.15) is 19.8 Å². The molecule has 0 aromatic heterocycles. The molecular weight excluding hydrogens is 387 g/mol. The van der Waals surface area contributed by atoms with Gasteiger partial charge < -0.3 is 15.1 Å². The summed E-state index contributed by atoms with van der Waals surface area (Å²) in [6, 6.07) is 0. The molecule has 0 aromatic rings. The first kappa shape index (κ1) is 19.8. The van der Waals surface area contributed by atoms with Crippen LogP contribution in [0.15, 0.2) is 4.99 Å². The van der Waals surface area contributed by atoms with E-state index in [2.05, 4.69) is 22.1 Å². The summed E-state index contributed by atoms with van der Waals surface area (Å²) in [6.07, 6.45) is 1.70. The number of hydrogen-bond acceptors (Lipinski definition) is 3. The number of carbonyl (C=O) groups is 1. The van der Waals surface area contributed by atoms with Gasteiger partial charge in [0.05, 0.1) is 0 Å². The Balaban J connectivity index is 0.00000361. The monoisotopic (exact) mass is 414 g/mol. The Morgan fingerprint density at radius 1 is 1.50 bits per heavy atom. The molecule has 1 aliphatic rings. The van der Waals surface area contributed by atoms with Crippen LogP contribution in [0, 0.1) is 0 Å². The molecule has 1 N–H and O–H groups in total. The molecule has 1 rings (SSSR count). The van der Waals surface area contributed by atoms with Crippen molar-refractivity contribution in [2.45, 2.75) is 25.0 Å². The predicted octanol–water partition coefficient (Wildman–Crippen LogP) is 1.49. The third-order valence-electron chi connectivity index (χ3n) is 3.23. The van der Waals surface area contributed by atoms with Crippen LogP contribution in [0.5, 0.6) is 0 Å². The van der Waals surface area contributed by atoms with Crippen LogP contribution in [-0.4, -0.2) is 73.4 Å². The predicted molar refractivity (Wildman–Crippen MR) is 98.2 cm³/mol. The number of rotatable bonds is 4. The standard InChI is InChI=1S/C13H26N4OS.HI/c1-5-11-10-17(8-9-19-11)13(14-2)15-7-6-12(18)16(3)4;/h11H,5-10H2,1-4H3,(H,14,15);1H. The number of guanidine groups is 1. The summed E-state index contributed by atoms with van der Waals surface area (Å²) in [4.78, 5) is 19.8. The van der Waals surface area contributed by atoms with Crippen molar-refractivity contribution in [3.8, 4) is 0 Å². The van der Waals surface area contributed by atoms with Gasteiger partial charge in [0.2, 0.25) is 5.91 Å². The first-order valence-electron chi connectivity index (χ1n) is 6.85. The van der Waals surface area contributed by atoms with Crippen LogP contribution >= 0.6 is 35.7 Å². The normalized spacial score (nSPS) is 19.3. The molecule has 0 aromatic carbocycles. The number of thioether (sulfide) groups is 1.